The van der Waals surface area contributed by atoms with Crippen LogP contribution >= 0.6 is 0 Å². The zero-order valence-electron chi connectivity index (χ0n) is 18.6. The third-order valence-corrected chi connectivity index (χ3v) is 4.95. The maximum atomic E-state index is 13.4. The molecule has 5 aromatic rings. The number of rotatable bonds is 3. The van der Waals surface area contributed by atoms with E-state index >= 15 is 0 Å². The van der Waals surface area contributed by atoms with Crippen molar-refractivity contribution >= 4 is 0 Å². The van der Waals surface area contributed by atoms with E-state index in [0.29, 0.717) is 6.07 Å². The molecule has 2 heterocycles. The fourth-order valence-corrected chi connectivity index (χ4v) is 3.24. The number of nitrogens with zero attached hydrogens (tertiary/aromatic N) is 2. The minimum absolute atomic E-state index is 0. The minimum atomic E-state index is -1.24. The van der Waals surface area contributed by atoms with Gasteiger partial charge in [0.05, 0.1) is 11.6 Å². The molecule has 0 bridgehead atoms. The van der Waals surface area contributed by atoms with Gasteiger partial charge in [0.25, 0.3) is 0 Å². The molecule has 0 fully saturated rings. The summed E-state index contributed by atoms with van der Waals surface area (Å²) >= 11 is 0. The van der Waals surface area contributed by atoms with Crippen LogP contribution in [0, 0.1) is 36.5 Å². The zero-order chi connectivity index (χ0) is 23.9. The Hall–Kier alpha value is -3.60. The van der Waals surface area contributed by atoms with E-state index in [0.717, 1.165) is 16.8 Å². The molecule has 0 aliphatic rings. The third kappa shape index (κ3) is 6.72. The van der Waals surface area contributed by atoms with Crippen molar-refractivity contribution in [3.8, 4) is 33.6 Å². The van der Waals surface area contributed by atoms with Crippen molar-refractivity contribution in [1.82, 2.24) is 9.97 Å². The fraction of sp³-hybridized carbons (Fsp3) is 0.0345. The Bertz CT molecular complexity index is 1320. The van der Waals surface area contributed by atoms with E-state index in [9.17, 15) is 13.2 Å². The number of pyridine rings is 2. The first-order valence-electron chi connectivity index (χ1n) is 10.5. The van der Waals surface area contributed by atoms with Crippen LogP contribution in [-0.2, 0) is 20.1 Å². The van der Waals surface area contributed by atoms with Crippen molar-refractivity contribution in [1.29, 1.82) is 0 Å². The molecule has 2 aromatic heterocycles. The molecule has 0 N–H and O–H groups in total. The standard InChI is InChI=1S/C17H12N.C12H7F3N.Ir/c1-3-7-14(8-4-1)16-11-12-18-17(13-16)15-9-5-2-6-10-15;1-7-2-3-11(16-6-7)9-4-8(13)5-10(14)12(9)15;/h1-9,11-13H;2-3,5-6H,1H3;/q2*-1;. The van der Waals surface area contributed by atoms with Crippen LogP contribution in [0.1, 0.15) is 5.56 Å². The molecule has 5 rings (SSSR count). The van der Waals surface area contributed by atoms with Crippen molar-refractivity contribution in [3.05, 3.63) is 132 Å². The van der Waals surface area contributed by atoms with Gasteiger partial charge in [0.1, 0.15) is 0 Å². The second-order valence-electron chi connectivity index (χ2n) is 7.45. The van der Waals surface area contributed by atoms with Crippen molar-refractivity contribution < 1.29 is 33.3 Å². The van der Waals surface area contributed by atoms with Crippen molar-refractivity contribution in [3.63, 3.8) is 0 Å². The first-order valence-corrected chi connectivity index (χ1v) is 10.5. The number of hydrogen-bond acceptors (Lipinski definition) is 2. The largest absolute Gasteiger partial charge is 0.305 e. The minimum Gasteiger partial charge on any atom is -0.305 e. The quantitative estimate of drug-likeness (QED) is 0.150. The molecular formula is C29H19F3IrN2-2. The van der Waals surface area contributed by atoms with Gasteiger partial charge in [-0.05, 0) is 41.1 Å². The van der Waals surface area contributed by atoms with E-state index in [1.165, 1.54) is 23.4 Å². The van der Waals surface area contributed by atoms with Gasteiger partial charge in [0, 0.05) is 38.3 Å². The van der Waals surface area contributed by atoms with E-state index in [4.69, 9.17) is 0 Å². The van der Waals surface area contributed by atoms with Crippen molar-refractivity contribution in [2.24, 2.45) is 0 Å². The van der Waals surface area contributed by atoms with Crippen LogP contribution in [0.15, 0.2) is 97.3 Å². The van der Waals surface area contributed by atoms with Gasteiger partial charge < -0.3 is 9.97 Å². The van der Waals surface area contributed by atoms with Crippen LogP contribution in [-0.4, -0.2) is 9.97 Å². The molecule has 2 nitrogen and oxygen atoms in total. The predicted molar refractivity (Wildman–Crippen MR) is 127 cm³/mol. The summed E-state index contributed by atoms with van der Waals surface area (Å²) < 4.78 is 39.2. The Balaban J connectivity index is 0.000000192. The molecule has 0 saturated heterocycles. The first-order chi connectivity index (χ1) is 16.5. The molecule has 0 amide bonds. The van der Waals surface area contributed by atoms with Gasteiger partial charge in [-0.1, -0.05) is 60.2 Å². The average Bonchev–Trinajstić information content (AvgIpc) is 2.88. The molecule has 0 aliphatic heterocycles. The molecule has 0 aliphatic carbocycles. The molecule has 0 unspecified atom stereocenters. The maximum absolute atomic E-state index is 13.4. The van der Waals surface area contributed by atoms with Crippen LogP contribution in [0.3, 0.4) is 0 Å². The Morgan fingerprint density at radius 3 is 2.20 bits per heavy atom. The third-order valence-electron chi connectivity index (χ3n) is 4.95. The maximum Gasteiger partial charge on any atom is 0.0792 e. The summed E-state index contributed by atoms with van der Waals surface area (Å²) in [6.07, 6.45) is 3.34. The Labute approximate surface area is 215 Å². The predicted octanol–water partition coefficient (Wildman–Crippen LogP) is 7.49. The summed E-state index contributed by atoms with van der Waals surface area (Å²) in [6.45, 7) is 1.81. The summed E-state index contributed by atoms with van der Waals surface area (Å²) in [5.41, 5.74) is 5.10. The summed E-state index contributed by atoms with van der Waals surface area (Å²) in [7, 11) is 0. The van der Waals surface area contributed by atoms with Crippen molar-refractivity contribution in [2.75, 3.05) is 0 Å². The number of aromatic nitrogens is 2. The SMILES string of the molecule is Cc1ccc(-c2[c-]c(F)cc(F)c2F)nc1.[Ir].[c-]1ccccc1-c1cc(-c2ccccc2)ccn1. The molecule has 0 spiro atoms. The van der Waals surface area contributed by atoms with E-state index in [1.54, 1.807) is 6.07 Å². The van der Waals surface area contributed by atoms with Crippen molar-refractivity contribution in [2.45, 2.75) is 6.92 Å². The zero-order valence-corrected chi connectivity index (χ0v) is 21.0. The summed E-state index contributed by atoms with van der Waals surface area (Å²) in [6, 6.07) is 31.3. The van der Waals surface area contributed by atoms with Gasteiger partial charge in [0.15, 0.2) is 0 Å². The summed E-state index contributed by atoms with van der Waals surface area (Å²) in [5.74, 6) is -3.33. The monoisotopic (exact) mass is 645 g/mol. The van der Waals surface area contributed by atoms with Gasteiger partial charge in [-0.2, -0.15) is 0 Å². The topological polar surface area (TPSA) is 25.8 Å². The van der Waals surface area contributed by atoms with E-state index in [-0.39, 0.29) is 31.4 Å². The Morgan fingerprint density at radius 1 is 0.743 bits per heavy atom. The molecule has 1 radical (unpaired) electrons. The van der Waals surface area contributed by atoms with Gasteiger partial charge in [-0.3, -0.25) is 4.39 Å². The van der Waals surface area contributed by atoms with Gasteiger partial charge in [-0.25, -0.2) is 8.78 Å². The fourth-order valence-electron chi connectivity index (χ4n) is 3.24. The molecule has 3 aromatic carbocycles. The molecule has 177 valence electrons. The normalized spacial score (nSPS) is 10.1. The van der Waals surface area contributed by atoms with Gasteiger partial charge in [-0.15, -0.1) is 42.0 Å². The molecule has 0 atom stereocenters. The van der Waals surface area contributed by atoms with Gasteiger partial charge >= 0.3 is 0 Å². The molecule has 6 heteroatoms. The summed E-state index contributed by atoms with van der Waals surface area (Å²) in [4.78, 5) is 8.29. The van der Waals surface area contributed by atoms with E-state index in [2.05, 4.69) is 40.3 Å². The number of halogens is 3. The number of benzene rings is 3. The van der Waals surface area contributed by atoms with Crippen LogP contribution in [0.5, 0.6) is 0 Å². The van der Waals surface area contributed by atoms with Crippen LogP contribution in [0.25, 0.3) is 33.6 Å². The molecular weight excluding hydrogens is 626 g/mol. The Kier molecular flexibility index (Phi) is 9.07. The smallest absolute Gasteiger partial charge is 0.0792 e. The van der Waals surface area contributed by atoms with E-state index in [1.807, 2.05) is 61.7 Å². The van der Waals surface area contributed by atoms with Gasteiger partial charge in [0.2, 0.25) is 0 Å². The van der Waals surface area contributed by atoms with Crippen LogP contribution in [0.4, 0.5) is 13.2 Å². The van der Waals surface area contributed by atoms with Crippen LogP contribution in [0.2, 0.25) is 0 Å². The second-order valence-corrected chi connectivity index (χ2v) is 7.45. The molecule has 35 heavy (non-hydrogen) atoms. The average molecular weight is 645 g/mol. The molecule has 0 saturated carbocycles. The Morgan fingerprint density at radius 2 is 1.51 bits per heavy atom. The second kappa shape index (κ2) is 12.2. The summed E-state index contributed by atoms with van der Waals surface area (Å²) in [5, 5.41) is 0. The van der Waals surface area contributed by atoms with Crippen LogP contribution < -0.4 is 0 Å². The van der Waals surface area contributed by atoms with E-state index < -0.39 is 17.5 Å². The first kappa shape index (κ1) is 26.0. The number of hydrogen-bond donors (Lipinski definition) is 0. The number of aryl methyl sites for hydroxylation is 1.